The summed E-state index contributed by atoms with van der Waals surface area (Å²) in [5, 5.41) is 1.08. The first-order valence-corrected chi connectivity index (χ1v) is 10.8. The van der Waals surface area contributed by atoms with Gasteiger partial charge in [0, 0.05) is 30.6 Å². The molecular weight excluding hydrogens is 398 g/mol. The average Bonchev–Trinajstić information content (AvgIpc) is 3.03. The highest BCUT2D eigenvalue weighted by molar-refractivity contribution is 7.99. The molecule has 7 heteroatoms. The highest BCUT2D eigenvalue weighted by Gasteiger charge is 2.20. The van der Waals surface area contributed by atoms with Gasteiger partial charge in [0.15, 0.2) is 10.9 Å². The van der Waals surface area contributed by atoms with Gasteiger partial charge in [-0.15, -0.1) is 6.58 Å². The van der Waals surface area contributed by atoms with Gasteiger partial charge < -0.3 is 9.30 Å². The monoisotopic (exact) mass is 425 g/mol. The van der Waals surface area contributed by atoms with Crippen molar-refractivity contribution in [2.75, 3.05) is 19.5 Å². The van der Waals surface area contributed by atoms with Crippen LogP contribution in [0.4, 0.5) is 0 Å². The molecule has 30 heavy (non-hydrogen) atoms. The molecule has 3 rings (SSSR count). The number of fused-ring (bicyclic) bond motifs is 1. The van der Waals surface area contributed by atoms with Gasteiger partial charge in [-0.3, -0.25) is 14.2 Å². The zero-order chi connectivity index (χ0) is 21.8. The second-order valence-corrected chi connectivity index (χ2v) is 8.23. The third-order valence-electron chi connectivity index (χ3n) is 5.10. The van der Waals surface area contributed by atoms with Crippen molar-refractivity contribution in [2.45, 2.75) is 38.5 Å². The van der Waals surface area contributed by atoms with Gasteiger partial charge in [0.05, 0.1) is 29.3 Å². The van der Waals surface area contributed by atoms with Gasteiger partial charge in [0.25, 0.3) is 5.56 Å². The first-order valence-electron chi connectivity index (χ1n) is 9.82. The Morgan fingerprint density at radius 3 is 2.77 bits per heavy atom. The predicted molar refractivity (Wildman–Crippen MR) is 122 cm³/mol. The number of benzene rings is 1. The fourth-order valence-corrected chi connectivity index (χ4v) is 4.70. The fourth-order valence-electron chi connectivity index (χ4n) is 3.81. The molecule has 2 heterocycles. The lowest BCUT2D eigenvalue weighted by atomic mass is 10.2. The lowest BCUT2D eigenvalue weighted by molar-refractivity contribution is 0.102. The molecule has 0 saturated heterocycles. The van der Waals surface area contributed by atoms with Gasteiger partial charge >= 0.3 is 0 Å². The second kappa shape index (κ2) is 9.45. The van der Waals surface area contributed by atoms with Crippen LogP contribution in [-0.2, 0) is 11.3 Å². The van der Waals surface area contributed by atoms with Crippen LogP contribution in [-0.4, -0.2) is 39.4 Å². The minimum absolute atomic E-state index is 0.0107. The maximum absolute atomic E-state index is 13.0. The molecule has 0 unspecified atom stereocenters. The predicted octanol–water partition coefficient (Wildman–Crippen LogP) is 4.18. The highest BCUT2D eigenvalue weighted by Crippen LogP contribution is 2.24. The lowest BCUT2D eigenvalue weighted by Crippen LogP contribution is -2.23. The van der Waals surface area contributed by atoms with Gasteiger partial charge in [-0.25, -0.2) is 4.98 Å². The van der Waals surface area contributed by atoms with E-state index in [1.165, 1.54) is 11.8 Å². The molecule has 1 atom stereocenters. The Bertz CT molecular complexity index is 1150. The Hall–Kier alpha value is -2.64. The van der Waals surface area contributed by atoms with Crippen molar-refractivity contribution in [3.8, 4) is 0 Å². The number of para-hydroxylation sites is 1. The molecule has 0 radical (unpaired) electrons. The second-order valence-electron chi connectivity index (χ2n) is 7.29. The van der Waals surface area contributed by atoms with Crippen LogP contribution in [0.15, 0.2) is 52.9 Å². The van der Waals surface area contributed by atoms with E-state index in [1.54, 1.807) is 23.8 Å². The van der Waals surface area contributed by atoms with Crippen LogP contribution in [0.5, 0.6) is 0 Å². The number of ether oxygens (including phenoxy) is 1. The molecule has 0 saturated carbocycles. The van der Waals surface area contributed by atoms with E-state index in [1.807, 2.05) is 38.1 Å². The van der Waals surface area contributed by atoms with Crippen LogP contribution in [0, 0.1) is 13.8 Å². The summed E-state index contributed by atoms with van der Waals surface area (Å²) in [6, 6.07) is 9.31. The van der Waals surface area contributed by atoms with E-state index in [9.17, 15) is 9.59 Å². The van der Waals surface area contributed by atoms with Gasteiger partial charge in [-0.1, -0.05) is 30.0 Å². The summed E-state index contributed by atoms with van der Waals surface area (Å²) in [5.41, 5.74) is 3.16. The van der Waals surface area contributed by atoms with Crippen LogP contribution >= 0.6 is 11.8 Å². The van der Waals surface area contributed by atoms with E-state index >= 15 is 0 Å². The van der Waals surface area contributed by atoms with E-state index < -0.39 is 0 Å². The summed E-state index contributed by atoms with van der Waals surface area (Å²) in [4.78, 5) is 30.5. The van der Waals surface area contributed by atoms with Crippen LogP contribution < -0.4 is 5.56 Å². The van der Waals surface area contributed by atoms with Crippen molar-refractivity contribution in [3.63, 3.8) is 0 Å². The van der Waals surface area contributed by atoms with E-state index in [0.29, 0.717) is 34.8 Å². The number of ketones is 1. The molecule has 0 amide bonds. The summed E-state index contributed by atoms with van der Waals surface area (Å²) >= 11 is 1.28. The molecule has 6 nitrogen and oxygen atoms in total. The molecule has 0 aliphatic carbocycles. The minimum atomic E-state index is -0.123. The van der Waals surface area contributed by atoms with E-state index in [4.69, 9.17) is 4.74 Å². The number of thioether (sulfide) groups is 1. The third-order valence-corrected chi connectivity index (χ3v) is 6.08. The van der Waals surface area contributed by atoms with Crippen molar-refractivity contribution in [3.05, 3.63) is 70.3 Å². The largest absolute Gasteiger partial charge is 0.383 e. The summed E-state index contributed by atoms with van der Waals surface area (Å²) in [5.74, 6) is 0.210. The molecule has 0 N–H and O–H groups in total. The Labute approximate surface area is 180 Å². The molecule has 0 spiro atoms. The number of hydrogen-bond donors (Lipinski definition) is 0. The third kappa shape index (κ3) is 4.27. The smallest absolute Gasteiger partial charge is 0.262 e. The average molecular weight is 426 g/mol. The molecule has 1 aromatic carbocycles. The Kier molecular flexibility index (Phi) is 6.95. The number of methoxy groups -OCH3 is 1. The molecule has 0 bridgehead atoms. The van der Waals surface area contributed by atoms with Crippen molar-refractivity contribution in [2.24, 2.45) is 0 Å². The summed E-state index contributed by atoms with van der Waals surface area (Å²) < 4.78 is 8.96. The Morgan fingerprint density at radius 1 is 1.33 bits per heavy atom. The molecule has 0 aliphatic rings. The molecule has 2 aromatic heterocycles. The molecule has 158 valence electrons. The van der Waals surface area contributed by atoms with E-state index in [0.717, 1.165) is 11.4 Å². The first-order chi connectivity index (χ1) is 14.4. The maximum atomic E-state index is 13.0. The van der Waals surface area contributed by atoms with E-state index in [-0.39, 0.29) is 23.1 Å². The topological polar surface area (TPSA) is 66.1 Å². The Balaban J connectivity index is 1.89. The molecular formula is C23H27N3O3S. The molecule has 0 fully saturated rings. The highest BCUT2D eigenvalue weighted by atomic mass is 32.2. The van der Waals surface area contributed by atoms with Crippen LogP contribution in [0.2, 0.25) is 0 Å². The normalized spacial score (nSPS) is 12.3. The van der Waals surface area contributed by atoms with Gasteiger partial charge in [-0.2, -0.15) is 0 Å². The zero-order valence-electron chi connectivity index (χ0n) is 17.8. The zero-order valence-corrected chi connectivity index (χ0v) is 18.7. The van der Waals surface area contributed by atoms with Crippen molar-refractivity contribution < 1.29 is 9.53 Å². The quantitative estimate of drug-likeness (QED) is 0.223. The first kappa shape index (κ1) is 22.1. The SMILES string of the molecule is C=CCn1c(SCC(=O)c2cc(C)n([C@H](C)COC)c2C)nc2ccccc2c1=O. The van der Waals surface area contributed by atoms with Gasteiger partial charge in [0.1, 0.15) is 0 Å². The molecule has 0 aliphatic heterocycles. The van der Waals surface area contributed by atoms with Gasteiger partial charge in [0.2, 0.25) is 0 Å². The number of nitrogens with zero attached hydrogens (tertiary/aromatic N) is 3. The summed E-state index contributed by atoms with van der Waals surface area (Å²) in [6.07, 6.45) is 1.66. The maximum Gasteiger partial charge on any atom is 0.262 e. The van der Waals surface area contributed by atoms with Crippen molar-refractivity contribution in [1.82, 2.24) is 14.1 Å². The standard InChI is InChI=1S/C23H27N3O3S/c1-6-11-25-22(28)18-9-7-8-10-20(18)24-23(25)30-14-21(27)19-12-15(2)26(17(19)4)16(3)13-29-5/h6-10,12,16H,1,11,13-14H2,2-5H3/t16-/m1/s1. The summed E-state index contributed by atoms with van der Waals surface area (Å²) in [7, 11) is 1.67. The minimum Gasteiger partial charge on any atom is -0.383 e. The van der Waals surface area contributed by atoms with Crippen molar-refractivity contribution >= 4 is 28.4 Å². The number of allylic oxidation sites excluding steroid dienone is 1. The van der Waals surface area contributed by atoms with E-state index in [2.05, 4.69) is 23.1 Å². The van der Waals surface area contributed by atoms with Crippen LogP contribution in [0.1, 0.15) is 34.7 Å². The molecule has 3 aromatic rings. The Morgan fingerprint density at radius 2 is 2.07 bits per heavy atom. The van der Waals surface area contributed by atoms with Crippen LogP contribution in [0.3, 0.4) is 0 Å². The number of hydrogen-bond acceptors (Lipinski definition) is 5. The van der Waals surface area contributed by atoms with Crippen molar-refractivity contribution in [1.29, 1.82) is 0 Å². The number of rotatable bonds is 9. The number of aromatic nitrogens is 3. The van der Waals surface area contributed by atoms with Gasteiger partial charge in [-0.05, 0) is 39.0 Å². The number of carbonyl (C=O) groups is 1. The van der Waals surface area contributed by atoms with Crippen LogP contribution in [0.25, 0.3) is 10.9 Å². The lowest BCUT2D eigenvalue weighted by Gasteiger charge is -2.17. The number of carbonyl (C=O) groups excluding carboxylic acids is 1. The number of aryl methyl sites for hydroxylation is 1. The number of Topliss-reactive ketones (excluding diaryl/α,β-unsaturated/α-hetero) is 1. The fraction of sp³-hybridized carbons (Fsp3) is 0.348. The summed E-state index contributed by atoms with van der Waals surface area (Å²) in [6.45, 7) is 10.7.